The highest BCUT2D eigenvalue weighted by atomic mass is 35.5. The fraction of sp³-hybridized carbons (Fsp3) is 0.261. The minimum atomic E-state index is -0.347. The molecular formula is C23H19ClN2O4. The van der Waals surface area contributed by atoms with Gasteiger partial charge in [0.2, 0.25) is 11.8 Å². The van der Waals surface area contributed by atoms with E-state index in [1.165, 1.54) is 12.0 Å². The first-order chi connectivity index (χ1) is 14.5. The molecule has 4 unspecified atom stereocenters. The summed E-state index contributed by atoms with van der Waals surface area (Å²) in [4.78, 5) is 39.8. The molecule has 2 aromatic carbocycles. The van der Waals surface area contributed by atoms with E-state index >= 15 is 0 Å². The van der Waals surface area contributed by atoms with Crippen LogP contribution in [0.3, 0.4) is 0 Å². The average Bonchev–Trinajstić information content (AvgIpc) is 3.42. The van der Waals surface area contributed by atoms with Crippen molar-refractivity contribution in [3.63, 3.8) is 0 Å². The van der Waals surface area contributed by atoms with Gasteiger partial charge in [-0.25, -0.2) is 0 Å². The SMILES string of the molecule is COc1ccc(Cl)cc1NC(=O)c1ccc(N2C(=O)C3C4C=CC(C4)C3C2=O)cc1. The number of fused-ring (bicyclic) bond motifs is 5. The predicted octanol–water partition coefficient (Wildman–Crippen LogP) is 3.91. The molecule has 5 rings (SSSR count). The third kappa shape index (κ3) is 2.82. The van der Waals surface area contributed by atoms with Crippen LogP contribution in [0.2, 0.25) is 5.02 Å². The smallest absolute Gasteiger partial charge is 0.255 e. The quantitative estimate of drug-likeness (QED) is 0.598. The Morgan fingerprint density at radius 1 is 1.03 bits per heavy atom. The number of anilines is 2. The number of nitrogens with zero attached hydrogens (tertiary/aromatic N) is 1. The molecule has 152 valence electrons. The van der Waals surface area contributed by atoms with Crippen molar-refractivity contribution in [1.82, 2.24) is 0 Å². The molecule has 7 heteroatoms. The van der Waals surface area contributed by atoms with Crippen LogP contribution in [-0.4, -0.2) is 24.8 Å². The van der Waals surface area contributed by atoms with Gasteiger partial charge in [-0.05, 0) is 60.7 Å². The molecule has 3 aliphatic rings. The number of allylic oxidation sites excluding steroid dienone is 2. The molecule has 0 spiro atoms. The van der Waals surface area contributed by atoms with Crippen LogP contribution < -0.4 is 15.0 Å². The minimum absolute atomic E-state index is 0.136. The van der Waals surface area contributed by atoms with Crippen molar-refractivity contribution in [3.8, 4) is 5.75 Å². The Kier molecular flexibility index (Phi) is 4.40. The maximum absolute atomic E-state index is 12.9. The summed E-state index contributed by atoms with van der Waals surface area (Å²) in [5.41, 5.74) is 1.34. The first-order valence-electron chi connectivity index (χ1n) is 9.79. The molecule has 4 atom stereocenters. The summed E-state index contributed by atoms with van der Waals surface area (Å²) >= 11 is 6.01. The zero-order chi connectivity index (χ0) is 21.0. The van der Waals surface area contributed by atoms with E-state index in [0.717, 1.165) is 6.42 Å². The van der Waals surface area contributed by atoms with Gasteiger partial charge in [-0.3, -0.25) is 19.3 Å². The van der Waals surface area contributed by atoms with E-state index in [9.17, 15) is 14.4 Å². The van der Waals surface area contributed by atoms with Crippen LogP contribution in [0.5, 0.6) is 5.75 Å². The maximum Gasteiger partial charge on any atom is 0.255 e. The summed E-state index contributed by atoms with van der Waals surface area (Å²) in [6.45, 7) is 0. The van der Waals surface area contributed by atoms with E-state index < -0.39 is 0 Å². The van der Waals surface area contributed by atoms with Crippen LogP contribution >= 0.6 is 11.6 Å². The Labute approximate surface area is 178 Å². The van der Waals surface area contributed by atoms with Gasteiger partial charge in [0.1, 0.15) is 5.75 Å². The fourth-order valence-corrected chi connectivity index (χ4v) is 5.06. The second-order valence-electron chi connectivity index (χ2n) is 7.86. The number of ether oxygens (including phenoxy) is 1. The fourth-order valence-electron chi connectivity index (χ4n) is 4.89. The monoisotopic (exact) mass is 422 g/mol. The number of imide groups is 1. The summed E-state index contributed by atoms with van der Waals surface area (Å²) < 4.78 is 5.25. The molecule has 0 radical (unpaired) electrons. The molecule has 0 aromatic heterocycles. The van der Waals surface area contributed by atoms with Crippen LogP contribution in [0.4, 0.5) is 11.4 Å². The van der Waals surface area contributed by atoms with Gasteiger partial charge in [0.25, 0.3) is 5.91 Å². The average molecular weight is 423 g/mol. The first-order valence-corrected chi connectivity index (χ1v) is 10.2. The van der Waals surface area contributed by atoms with E-state index in [1.54, 1.807) is 42.5 Å². The molecule has 6 nitrogen and oxygen atoms in total. The molecule has 1 saturated carbocycles. The summed E-state index contributed by atoms with van der Waals surface area (Å²) in [5.74, 6) is -0.284. The number of hydrogen-bond donors (Lipinski definition) is 1. The van der Waals surface area contributed by atoms with E-state index in [1.807, 2.05) is 0 Å². The molecule has 1 heterocycles. The number of nitrogens with one attached hydrogen (secondary N) is 1. The number of rotatable bonds is 4. The van der Waals surface area contributed by atoms with Gasteiger partial charge in [0.15, 0.2) is 0 Å². The summed E-state index contributed by atoms with van der Waals surface area (Å²) in [6, 6.07) is 11.4. The number of carbonyl (C=O) groups is 3. The van der Waals surface area contributed by atoms with Crippen LogP contribution in [0.1, 0.15) is 16.8 Å². The largest absolute Gasteiger partial charge is 0.495 e. The molecule has 2 aliphatic carbocycles. The lowest BCUT2D eigenvalue weighted by atomic mass is 9.85. The highest BCUT2D eigenvalue weighted by molar-refractivity contribution is 6.31. The Bertz CT molecular complexity index is 1060. The topological polar surface area (TPSA) is 75.7 Å². The highest BCUT2D eigenvalue weighted by Gasteiger charge is 2.59. The number of benzene rings is 2. The number of methoxy groups -OCH3 is 1. The Morgan fingerprint density at radius 2 is 1.67 bits per heavy atom. The van der Waals surface area contributed by atoms with Crippen molar-refractivity contribution in [2.45, 2.75) is 6.42 Å². The zero-order valence-corrected chi connectivity index (χ0v) is 16.9. The summed E-state index contributed by atoms with van der Waals surface area (Å²) in [5, 5.41) is 3.25. The number of amides is 3. The molecule has 2 bridgehead atoms. The van der Waals surface area contributed by atoms with Crippen molar-refractivity contribution < 1.29 is 19.1 Å². The lowest BCUT2D eigenvalue weighted by Gasteiger charge is -2.17. The first kappa shape index (κ1) is 18.9. The predicted molar refractivity (Wildman–Crippen MR) is 113 cm³/mol. The van der Waals surface area contributed by atoms with Crippen molar-refractivity contribution in [2.75, 3.05) is 17.3 Å². The molecule has 1 N–H and O–H groups in total. The lowest BCUT2D eigenvalue weighted by Crippen LogP contribution is -2.32. The number of carbonyl (C=O) groups excluding carboxylic acids is 3. The van der Waals surface area contributed by atoms with Crippen molar-refractivity contribution in [1.29, 1.82) is 0 Å². The molecule has 1 aliphatic heterocycles. The lowest BCUT2D eigenvalue weighted by molar-refractivity contribution is -0.123. The normalized spacial score (nSPS) is 26.3. The van der Waals surface area contributed by atoms with Crippen LogP contribution in [-0.2, 0) is 9.59 Å². The Morgan fingerprint density at radius 3 is 2.27 bits per heavy atom. The van der Waals surface area contributed by atoms with E-state index in [2.05, 4.69) is 17.5 Å². The third-order valence-electron chi connectivity index (χ3n) is 6.27. The second-order valence-corrected chi connectivity index (χ2v) is 8.29. The van der Waals surface area contributed by atoms with Gasteiger partial charge >= 0.3 is 0 Å². The molecule has 2 aromatic rings. The molecule has 30 heavy (non-hydrogen) atoms. The summed E-state index contributed by atoms with van der Waals surface area (Å²) in [7, 11) is 1.51. The van der Waals surface area contributed by atoms with Gasteiger partial charge in [0.05, 0.1) is 30.3 Å². The van der Waals surface area contributed by atoms with Crippen LogP contribution in [0.25, 0.3) is 0 Å². The van der Waals surface area contributed by atoms with E-state index in [-0.39, 0.29) is 41.4 Å². The van der Waals surface area contributed by atoms with Gasteiger partial charge in [0, 0.05) is 10.6 Å². The van der Waals surface area contributed by atoms with Gasteiger partial charge in [-0.1, -0.05) is 23.8 Å². The van der Waals surface area contributed by atoms with Gasteiger partial charge in [-0.2, -0.15) is 0 Å². The zero-order valence-electron chi connectivity index (χ0n) is 16.2. The molecular weight excluding hydrogens is 404 g/mol. The third-order valence-corrected chi connectivity index (χ3v) is 6.50. The molecule has 2 fully saturated rings. The number of halogens is 1. The van der Waals surface area contributed by atoms with Crippen molar-refractivity contribution in [2.24, 2.45) is 23.7 Å². The highest BCUT2D eigenvalue weighted by Crippen LogP contribution is 2.53. The standard InChI is InChI=1S/C23H19ClN2O4/c1-30-18-9-6-15(24)11-17(18)25-21(27)12-4-7-16(8-5-12)26-22(28)19-13-2-3-14(10-13)20(19)23(26)29/h2-9,11,13-14,19-20H,10H2,1H3,(H,25,27). The van der Waals surface area contributed by atoms with Gasteiger partial charge in [-0.15, -0.1) is 0 Å². The van der Waals surface area contributed by atoms with Crippen LogP contribution in [0.15, 0.2) is 54.6 Å². The van der Waals surface area contributed by atoms with Crippen molar-refractivity contribution in [3.05, 3.63) is 65.2 Å². The maximum atomic E-state index is 12.9. The Hall–Kier alpha value is -3.12. The van der Waals surface area contributed by atoms with E-state index in [0.29, 0.717) is 27.7 Å². The van der Waals surface area contributed by atoms with Crippen LogP contribution in [0, 0.1) is 23.7 Å². The summed E-state index contributed by atoms with van der Waals surface area (Å²) in [6.07, 6.45) is 5.03. The van der Waals surface area contributed by atoms with Gasteiger partial charge < -0.3 is 10.1 Å². The molecule has 1 saturated heterocycles. The number of hydrogen-bond acceptors (Lipinski definition) is 4. The van der Waals surface area contributed by atoms with Crippen molar-refractivity contribution >= 4 is 40.7 Å². The Balaban J connectivity index is 1.35. The minimum Gasteiger partial charge on any atom is -0.495 e. The van der Waals surface area contributed by atoms with E-state index in [4.69, 9.17) is 16.3 Å². The molecule has 3 amide bonds. The second kappa shape index (κ2) is 6.99.